The molecule has 1 saturated heterocycles. The van der Waals surface area contributed by atoms with Gasteiger partial charge < -0.3 is 18.9 Å². The summed E-state index contributed by atoms with van der Waals surface area (Å²) < 4.78 is 47.5. The van der Waals surface area contributed by atoms with Crippen molar-refractivity contribution in [2.45, 2.75) is 58.5 Å². The summed E-state index contributed by atoms with van der Waals surface area (Å²) in [5, 5.41) is 0. The molecule has 1 aliphatic heterocycles. The van der Waals surface area contributed by atoms with Crippen LogP contribution in [0.1, 0.15) is 52.4 Å². The molecule has 2 rings (SSSR count). The van der Waals surface area contributed by atoms with Gasteiger partial charge in [0.2, 0.25) is 0 Å². The number of hydrogen-bond acceptors (Lipinski definition) is 12. The van der Waals surface area contributed by atoms with E-state index in [9.17, 15) is 27.6 Å². The predicted molar refractivity (Wildman–Crippen MR) is 155 cm³/mol. The Labute approximate surface area is 256 Å². The Morgan fingerprint density at radius 2 is 1.30 bits per heavy atom. The summed E-state index contributed by atoms with van der Waals surface area (Å²) in [5.74, 6) is -1.97. The quantitative estimate of drug-likeness (QED) is 0.150. The normalized spacial score (nSPS) is 19.8. The van der Waals surface area contributed by atoms with Gasteiger partial charge in [-0.05, 0) is 25.2 Å². The van der Waals surface area contributed by atoms with Crippen molar-refractivity contribution >= 4 is 94.2 Å². The van der Waals surface area contributed by atoms with Gasteiger partial charge in [0.25, 0.3) is 0 Å². The molecule has 0 amide bonds. The van der Waals surface area contributed by atoms with Gasteiger partial charge >= 0.3 is 99.1 Å². The molecule has 2 atom stereocenters. The van der Waals surface area contributed by atoms with Crippen LogP contribution in [0.2, 0.25) is 0 Å². The van der Waals surface area contributed by atoms with Gasteiger partial charge in [-0.3, -0.25) is 19.2 Å². The topological polar surface area (TPSA) is 158 Å². The Balaban J connectivity index is 0. The molecular formula is C20H34I3O12SV. The minimum atomic E-state index is -3.62. The van der Waals surface area contributed by atoms with Crippen LogP contribution in [0.3, 0.4) is 0 Å². The molecule has 1 aliphatic carbocycles. The molecule has 37 heavy (non-hydrogen) atoms. The van der Waals surface area contributed by atoms with Crippen molar-refractivity contribution in [3.63, 3.8) is 0 Å². The molecule has 218 valence electrons. The molecule has 0 unspecified atom stereocenters. The monoisotopic (exact) mass is 930 g/mol. The summed E-state index contributed by atoms with van der Waals surface area (Å²) in [4.78, 5) is 43.2. The first-order chi connectivity index (χ1) is 17.2. The zero-order valence-corrected chi connectivity index (χ0v) is 30.2. The summed E-state index contributed by atoms with van der Waals surface area (Å²) in [6, 6.07) is 0. The molecule has 0 N–H and O–H groups in total. The van der Waals surface area contributed by atoms with Crippen LogP contribution < -0.4 is 0 Å². The number of rotatable bonds is 8. The molecule has 0 aromatic rings. The third kappa shape index (κ3) is 17.1. The summed E-state index contributed by atoms with van der Waals surface area (Å²) in [7, 11) is 1.41. The minimum absolute atomic E-state index is 0.104. The fourth-order valence-electron chi connectivity index (χ4n) is 3.07. The second kappa shape index (κ2) is 21.3. The molecule has 2 fully saturated rings. The number of esters is 4. The number of hydrogen-bond donors (Lipinski definition) is 0. The van der Waals surface area contributed by atoms with Crippen molar-refractivity contribution in [1.29, 1.82) is 0 Å². The molecule has 0 bridgehead atoms. The maximum absolute atomic E-state index is 11.5. The van der Waals surface area contributed by atoms with Crippen LogP contribution in [0.4, 0.5) is 0 Å². The van der Waals surface area contributed by atoms with Crippen LogP contribution in [0.25, 0.3) is 0 Å². The molecule has 12 nitrogen and oxygen atoms in total. The molecular weight excluding hydrogens is 896 g/mol. The van der Waals surface area contributed by atoms with E-state index in [-0.39, 0.29) is 30.0 Å². The number of halogens is 3. The van der Waals surface area contributed by atoms with E-state index in [0.29, 0.717) is 6.42 Å². The van der Waals surface area contributed by atoms with Crippen molar-refractivity contribution < 1.29 is 59.8 Å². The van der Waals surface area contributed by atoms with Gasteiger partial charge in [0, 0.05) is 0 Å². The SMILES string of the molecule is CCC[C@@H]1COS(=O)(=O)O1.CCC[C@H]1CC1(C(=O)OC)C(=O)OC.COC(=O)CC(=O)OC.[I][V]([I])[I]. The van der Waals surface area contributed by atoms with E-state index in [4.69, 9.17) is 0 Å². The van der Waals surface area contributed by atoms with Crippen LogP contribution in [0.15, 0.2) is 0 Å². The first-order valence-electron chi connectivity index (χ1n) is 10.9. The van der Waals surface area contributed by atoms with Crippen molar-refractivity contribution in [2.75, 3.05) is 35.0 Å². The Morgan fingerprint density at radius 1 is 0.865 bits per heavy atom. The summed E-state index contributed by atoms with van der Waals surface area (Å²) in [5.41, 5.74) is -0.987. The summed E-state index contributed by atoms with van der Waals surface area (Å²) in [6.45, 7) is 4.17. The summed E-state index contributed by atoms with van der Waals surface area (Å²) in [6.07, 6.45) is 3.47. The fraction of sp³-hybridized carbons (Fsp3) is 0.800. The van der Waals surface area contributed by atoms with Crippen LogP contribution in [0, 0.1) is 11.3 Å². The first kappa shape index (κ1) is 39.7. The Kier molecular flexibility index (Phi) is 22.8. The maximum atomic E-state index is 11.5. The van der Waals surface area contributed by atoms with Crippen molar-refractivity contribution in [1.82, 2.24) is 0 Å². The molecule has 0 aromatic heterocycles. The zero-order chi connectivity index (χ0) is 29.2. The van der Waals surface area contributed by atoms with Crippen LogP contribution in [0.5, 0.6) is 0 Å². The van der Waals surface area contributed by atoms with Crippen molar-refractivity contribution in [3.05, 3.63) is 0 Å². The van der Waals surface area contributed by atoms with E-state index in [1.165, 1.54) is 28.4 Å². The van der Waals surface area contributed by atoms with Gasteiger partial charge in [-0.25, -0.2) is 8.37 Å². The van der Waals surface area contributed by atoms with Crippen LogP contribution >= 0.6 is 59.9 Å². The average Bonchev–Trinajstić information content (AvgIpc) is 3.46. The molecule has 1 saturated carbocycles. The van der Waals surface area contributed by atoms with Gasteiger partial charge in [0.1, 0.15) is 12.5 Å². The Morgan fingerprint density at radius 3 is 1.59 bits per heavy atom. The van der Waals surface area contributed by atoms with Crippen LogP contribution in [-0.2, 0) is 61.8 Å². The molecule has 17 heteroatoms. The third-order valence-electron chi connectivity index (χ3n) is 4.85. The summed E-state index contributed by atoms with van der Waals surface area (Å²) >= 11 is 7.39. The molecule has 0 radical (unpaired) electrons. The van der Waals surface area contributed by atoms with Gasteiger partial charge in [0.05, 0.1) is 35.0 Å². The van der Waals surface area contributed by atoms with E-state index in [0.717, 1.165) is 25.7 Å². The second-order valence-corrected chi connectivity index (χ2v) is 44.0. The van der Waals surface area contributed by atoms with Gasteiger partial charge in [-0.15, -0.1) is 0 Å². The van der Waals surface area contributed by atoms with Gasteiger partial charge in [0.15, 0.2) is 5.41 Å². The zero-order valence-electron chi connectivity index (χ0n) is 21.5. The number of carbonyl (C=O) groups excluding carboxylic acids is 4. The molecule has 0 spiro atoms. The first-order valence-corrected chi connectivity index (χ1v) is 25.7. The van der Waals surface area contributed by atoms with Crippen molar-refractivity contribution in [2.24, 2.45) is 11.3 Å². The van der Waals surface area contributed by atoms with Crippen molar-refractivity contribution in [3.8, 4) is 0 Å². The Hall–Kier alpha value is 0.524. The standard InChI is InChI=1S/C10H16O4.C5H10O4S.C5H8O4.3HI.V/c1-4-5-7-6-10(7,8(11)13-2)9(12)14-3;1-2-3-5-4-8-10(6,7)9-5;1-8-4(6)3-5(7)9-2;;;;/h7H,4-6H2,1-3H3;5H,2-4H2,1H3;3H2,1-2H3;3*1H;/q;;;;;;+3/p-3/t7-;5-;;;;;/m01...../s1. The van der Waals surface area contributed by atoms with Gasteiger partial charge in [-0.1, -0.05) is 26.7 Å². The number of methoxy groups -OCH3 is 4. The number of carbonyl (C=O) groups is 4. The average molecular weight is 930 g/mol. The Bertz CT molecular complexity index is 793. The second-order valence-electron chi connectivity index (χ2n) is 7.36. The van der Waals surface area contributed by atoms with E-state index in [1.807, 2.05) is 13.8 Å². The molecule has 1 heterocycles. The number of ether oxygens (including phenoxy) is 4. The molecule has 0 aromatic carbocycles. The van der Waals surface area contributed by atoms with Crippen LogP contribution in [-0.4, -0.2) is 73.4 Å². The fourth-order valence-corrected chi connectivity index (χ4v) is 3.93. The van der Waals surface area contributed by atoms with E-state index in [1.54, 1.807) is 0 Å². The van der Waals surface area contributed by atoms with E-state index < -0.39 is 39.7 Å². The molecule has 2 aliphatic rings. The van der Waals surface area contributed by atoms with Gasteiger partial charge in [-0.2, -0.15) is 8.42 Å². The van der Waals surface area contributed by atoms with E-state index in [2.05, 4.69) is 87.3 Å². The third-order valence-corrected chi connectivity index (χ3v) is 5.78. The predicted octanol–water partition coefficient (Wildman–Crippen LogP) is 3.96. The van der Waals surface area contributed by atoms with E-state index >= 15 is 0 Å².